The molecule has 2 aliphatic rings. The third-order valence-electron chi connectivity index (χ3n) is 6.88. The van der Waals surface area contributed by atoms with Gasteiger partial charge in [-0.2, -0.15) is 0 Å². The highest BCUT2D eigenvalue weighted by atomic mass is 19.1. The number of halogens is 1. The summed E-state index contributed by atoms with van der Waals surface area (Å²) < 4.78 is 36.3. The van der Waals surface area contributed by atoms with E-state index in [4.69, 9.17) is 18.9 Å². The van der Waals surface area contributed by atoms with Crippen molar-refractivity contribution >= 4 is 5.91 Å². The first kappa shape index (κ1) is 24.3. The molecule has 0 aliphatic carbocycles. The zero-order chi connectivity index (χ0) is 24.1. The van der Waals surface area contributed by atoms with Gasteiger partial charge in [0.1, 0.15) is 23.1 Å². The molecule has 7 nitrogen and oxygen atoms in total. The fourth-order valence-corrected chi connectivity index (χ4v) is 4.92. The van der Waals surface area contributed by atoms with Crippen LogP contribution in [0.2, 0.25) is 0 Å². The molecule has 1 amide bonds. The zero-order valence-electron chi connectivity index (χ0n) is 20.1. The fraction of sp³-hybridized carbons (Fsp3) is 0.500. The standard InChI is InChI=1S/C26H33FN2O5/c1-31-21-14-23(32-2)22(24(15-21)33-3)17-29-11-9-26(10-12-29)8-7-20(34-26)16-28-25(30)18-5-4-6-19(27)13-18/h4-6,13-15,20H,7-12,16-17H2,1-3H3,(H,28,30)/t20-/m0/s1. The molecule has 2 heterocycles. The van der Waals surface area contributed by atoms with Crippen LogP contribution in [0.1, 0.15) is 41.6 Å². The monoisotopic (exact) mass is 472 g/mol. The number of methoxy groups -OCH3 is 3. The summed E-state index contributed by atoms with van der Waals surface area (Å²) in [6, 6.07) is 9.48. The molecule has 2 aliphatic heterocycles. The van der Waals surface area contributed by atoms with Gasteiger partial charge in [-0.05, 0) is 43.9 Å². The maximum absolute atomic E-state index is 13.4. The number of nitrogens with zero attached hydrogens (tertiary/aromatic N) is 1. The van der Waals surface area contributed by atoms with Crippen molar-refractivity contribution in [2.75, 3.05) is 41.0 Å². The number of rotatable bonds is 8. The Labute approximate surface area is 200 Å². The summed E-state index contributed by atoms with van der Waals surface area (Å²) in [6.45, 7) is 2.96. The number of amides is 1. The van der Waals surface area contributed by atoms with Gasteiger partial charge >= 0.3 is 0 Å². The molecule has 2 aromatic rings. The Morgan fingerprint density at radius 1 is 1.09 bits per heavy atom. The summed E-state index contributed by atoms with van der Waals surface area (Å²) in [4.78, 5) is 14.7. The molecule has 0 radical (unpaired) electrons. The molecule has 184 valence electrons. The van der Waals surface area contributed by atoms with Gasteiger partial charge in [-0.25, -0.2) is 4.39 Å². The number of likely N-dealkylation sites (tertiary alicyclic amines) is 1. The second-order valence-corrected chi connectivity index (χ2v) is 8.97. The predicted octanol–water partition coefficient (Wildman–Crippen LogP) is 3.80. The number of nitrogens with one attached hydrogen (secondary N) is 1. The van der Waals surface area contributed by atoms with Crippen molar-refractivity contribution in [1.29, 1.82) is 0 Å². The van der Waals surface area contributed by atoms with E-state index in [9.17, 15) is 9.18 Å². The molecule has 1 spiro atoms. The summed E-state index contributed by atoms with van der Waals surface area (Å²) in [6.07, 6.45) is 3.73. The highest BCUT2D eigenvalue weighted by molar-refractivity contribution is 5.94. The van der Waals surface area contributed by atoms with Crippen molar-refractivity contribution in [2.45, 2.75) is 43.9 Å². The minimum absolute atomic E-state index is 0.0224. The van der Waals surface area contributed by atoms with E-state index in [2.05, 4.69) is 10.2 Å². The van der Waals surface area contributed by atoms with E-state index in [0.717, 1.165) is 62.4 Å². The van der Waals surface area contributed by atoms with Crippen LogP contribution in [0.3, 0.4) is 0 Å². The summed E-state index contributed by atoms with van der Waals surface area (Å²) in [5, 5.41) is 2.89. The number of hydrogen-bond acceptors (Lipinski definition) is 6. The Kier molecular flexibility index (Phi) is 7.58. The second-order valence-electron chi connectivity index (χ2n) is 8.97. The SMILES string of the molecule is COc1cc(OC)c(CN2CCC3(CC[C@@H](CNC(=O)c4cccc(F)c4)O3)CC2)c(OC)c1. The molecule has 2 saturated heterocycles. The van der Waals surface area contributed by atoms with Crippen LogP contribution in [-0.2, 0) is 11.3 Å². The third kappa shape index (κ3) is 5.45. The van der Waals surface area contributed by atoms with Crippen LogP contribution in [0.15, 0.2) is 36.4 Å². The number of ether oxygens (including phenoxy) is 4. The molecule has 1 N–H and O–H groups in total. The second kappa shape index (κ2) is 10.6. The summed E-state index contributed by atoms with van der Waals surface area (Å²) in [5.41, 5.74) is 1.19. The van der Waals surface area contributed by atoms with Gasteiger partial charge in [0.05, 0.1) is 38.6 Å². The predicted molar refractivity (Wildman–Crippen MR) is 126 cm³/mol. The fourth-order valence-electron chi connectivity index (χ4n) is 4.92. The molecule has 2 fully saturated rings. The first-order valence-electron chi connectivity index (χ1n) is 11.7. The van der Waals surface area contributed by atoms with Gasteiger partial charge < -0.3 is 24.3 Å². The molecule has 0 unspecified atom stereocenters. The molecule has 1 atom stereocenters. The smallest absolute Gasteiger partial charge is 0.251 e. The van der Waals surface area contributed by atoms with Crippen LogP contribution in [0.5, 0.6) is 17.2 Å². The molecular formula is C26H33FN2O5. The van der Waals surface area contributed by atoms with Gasteiger partial charge in [-0.3, -0.25) is 9.69 Å². The van der Waals surface area contributed by atoms with E-state index < -0.39 is 5.82 Å². The Balaban J connectivity index is 1.30. The average molecular weight is 473 g/mol. The van der Waals surface area contributed by atoms with E-state index in [1.807, 2.05) is 12.1 Å². The van der Waals surface area contributed by atoms with Crippen LogP contribution in [0, 0.1) is 5.82 Å². The summed E-state index contributed by atoms with van der Waals surface area (Å²) in [5.74, 6) is 1.51. The van der Waals surface area contributed by atoms with Crippen LogP contribution >= 0.6 is 0 Å². The first-order valence-corrected chi connectivity index (χ1v) is 11.7. The third-order valence-corrected chi connectivity index (χ3v) is 6.88. The van der Waals surface area contributed by atoms with Gasteiger partial charge in [-0.15, -0.1) is 0 Å². The minimum Gasteiger partial charge on any atom is -0.496 e. The first-order chi connectivity index (χ1) is 16.4. The van der Waals surface area contributed by atoms with Crippen LogP contribution in [0.4, 0.5) is 4.39 Å². The molecule has 0 aromatic heterocycles. The Morgan fingerprint density at radius 3 is 2.41 bits per heavy atom. The Bertz CT molecular complexity index is 981. The lowest BCUT2D eigenvalue weighted by Gasteiger charge is -2.39. The number of piperidine rings is 1. The number of carbonyl (C=O) groups excluding carboxylic acids is 1. The van der Waals surface area contributed by atoms with Crippen LogP contribution < -0.4 is 19.5 Å². The molecular weight excluding hydrogens is 439 g/mol. The van der Waals surface area contributed by atoms with E-state index in [1.165, 1.54) is 18.2 Å². The minimum atomic E-state index is -0.416. The Morgan fingerprint density at radius 2 is 1.79 bits per heavy atom. The van der Waals surface area contributed by atoms with E-state index in [-0.39, 0.29) is 17.6 Å². The Hall–Kier alpha value is -2.84. The maximum Gasteiger partial charge on any atom is 0.251 e. The van der Waals surface area contributed by atoms with E-state index in [0.29, 0.717) is 17.9 Å². The zero-order valence-corrected chi connectivity index (χ0v) is 20.1. The largest absolute Gasteiger partial charge is 0.496 e. The highest BCUT2D eigenvalue weighted by Gasteiger charge is 2.42. The molecule has 4 rings (SSSR count). The van der Waals surface area contributed by atoms with Gasteiger partial charge in [-0.1, -0.05) is 6.07 Å². The number of benzene rings is 2. The number of carbonyl (C=O) groups is 1. The van der Waals surface area contributed by atoms with Crippen molar-refractivity contribution in [2.24, 2.45) is 0 Å². The van der Waals surface area contributed by atoms with Gasteiger partial charge in [0.15, 0.2) is 0 Å². The van der Waals surface area contributed by atoms with Crippen molar-refractivity contribution < 1.29 is 28.1 Å². The molecule has 2 aromatic carbocycles. The van der Waals surface area contributed by atoms with Crippen molar-refractivity contribution in [3.05, 3.63) is 53.3 Å². The molecule has 0 saturated carbocycles. The van der Waals surface area contributed by atoms with Crippen LogP contribution in [-0.4, -0.2) is 63.5 Å². The average Bonchev–Trinajstić information content (AvgIpc) is 3.26. The van der Waals surface area contributed by atoms with Gasteiger partial charge in [0.2, 0.25) is 0 Å². The summed E-state index contributed by atoms with van der Waals surface area (Å²) >= 11 is 0. The topological polar surface area (TPSA) is 69.3 Å². The normalized spacial score (nSPS) is 19.7. The number of hydrogen-bond donors (Lipinski definition) is 1. The lowest BCUT2D eigenvalue weighted by Crippen LogP contribution is -2.45. The highest BCUT2D eigenvalue weighted by Crippen LogP contribution is 2.40. The molecule has 0 bridgehead atoms. The molecule has 8 heteroatoms. The van der Waals surface area contributed by atoms with E-state index >= 15 is 0 Å². The maximum atomic E-state index is 13.4. The van der Waals surface area contributed by atoms with Crippen molar-refractivity contribution in [1.82, 2.24) is 10.2 Å². The van der Waals surface area contributed by atoms with Crippen molar-refractivity contribution in [3.63, 3.8) is 0 Å². The summed E-state index contributed by atoms with van der Waals surface area (Å²) in [7, 11) is 4.94. The lowest BCUT2D eigenvalue weighted by molar-refractivity contribution is -0.0765. The van der Waals surface area contributed by atoms with Crippen molar-refractivity contribution in [3.8, 4) is 17.2 Å². The van der Waals surface area contributed by atoms with Gasteiger partial charge in [0, 0.05) is 43.9 Å². The lowest BCUT2D eigenvalue weighted by atomic mass is 9.88. The molecule has 34 heavy (non-hydrogen) atoms. The van der Waals surface area contributed by atoms with E-state index in [1.54, 1.807) is 27.4 Å². The van der Waals surface area contributed by atoms with Gasteiger partial charge in [0.25, 0.3) is 5.91 Å². The quantitative estimate of drug-likeness (QED) is 0.631. The van der Waals surface area contributed by atoms with Crippen LogP contribution in [0.25, 0.3) is 0 Å².